The third-order valence-corrected chi connectivity index (χ3v) is 6.50. The second-order valence-electron chi connectivity index (χ2n) is 7.92. The molecular weight excluding hydrogens is 438 g/mol. The first-order valence-electron chi connectivity index (χ1n) is 10.5. The van der Waals surface area contributed by atoms with E-state index in [0.29, 0.717) is 29.1 Å². The number of nitrogens with one attached hydrogen (secondary N) is 1. The third kappa shape index (κ3) is 3.85. The number of aliphatic hydroxyl groups excluding tert-OH is 1. The van der Waals surface area contributed by atoms with Crippen molar-refractivity contribution in [3.05, 3.63) is 48.2 Å². The fraction of sp³-hybridized carbons (Fsp3) is 0.273. The number of aryl methyl sites for hydroxylation is 2. The Labute approximate surface area is 194 Å². The first-order valence-corrected chi connectivity index (χ1v) is 11.3. The summed E-state index contributed by atoms with van der Waals surface area (Å²) in [5, 5.41) is 18.3. The van der Waals surface area contributed by atoms with Gasteiger partial charge in [-0.2, -0.15) is 5.10 Å². The lowest BCUT2D eigenvalue weighted by Gasteiger charge is -2.09. The van der Waals surface area contributed by atoms with Crippen LogP contribution in [0.25, 0.3) is 32.4 Å². The first kappa shape index (κ1) is 21.2. The summed E-state index contributed by atoms with van der Waals surface area (Å²) < 4.78 is 3.82. The Kier molecular flexibility index (Phi) is 5.35. The molecule has 0 fully saturated rings. The Morgan fingerprint density at radius 2 is 1.94 bits per heavy atom. The molecule has 0 saturated carbocycles. The van der Waals surface area contributed by atoms with E-state index in [9.17, 15) is 5.11 Å². The van der Waals surface area contributed by atoms with Crippen LogP contribution in [0.3, 0.4) is 0 Å². The lowest BCUT2D eigenvalue weighted by molar-refractivity contribution is 0.277. The Bertz CT molecular complexity index is 1450. The number of imidazole rings is 1. The van der Waals surface area contributed by atoms with Crippen molar-refractivity contribution in [2.24, 2.45) is 7.05 Å². The van der Waals surface area contributed by atoms with Crippen LogP contribution in [0, 0.1) is 6.92 Å². The highest BCUT2D eigenvalue weighted by Gasteiger charge is 2.21. The second kappa shape index (κ2) is 8.34. The van der Waals surface area contributed by atoms with Gasteiger partial charge in [-0.05, 0) is 38.5 Å². The van der Waals surface area contributed by atoms with Gasteiger partial charge in [-0.3, -0.25) is 4.68 Å². The second-order valence-corrected chi connectivity index (χ2v) is 8.92. The van der Waals surface area contributed by atoms with Gasteiger partial charge in [0.25, 0.3) is 0 Å². The van der Waals surface area contributed by atoms with Gasteiger partial charge in [0.2, 0.25) is 5.95 Å². The van der Waals surface area contributed by atoms with Crippen LogP contribution in [-0.2, 0) is 13.7 Å². The highest BCUT2D eigenvalue weighted by molar-refractivity contribution is 7.22. The Balaban J connectivity index is 1.69. The molecule has 0 unspecified atom stereocenters. The molecule has 0 aliphatic rings. The monoisotopic (exact) mass is 461 g/mol. The Morgan fingerprint density at radius 3 is 2.64 bits per heavy atom. The van der Waals surface area contributed by atoms with Gasteiger partial charge in [-0.15, -0.1) is 11.3 Å². The molecule has 5 aromatic heterocycles. The zero-order chi connectivity index (χ0) is 23.1. The van der Waals surface area contributed by atoms with Crippen LogP contribution >= 0.6 is 11.3 Å². The van der Waals surface area contributed by atoms with Crippen molar-refractivity contribution in [1.82, 2.24) is 39.3 Å². The molecule has 11 heteroatoms. The van der Waals surface area contributed by atoms with Crippen LogP contribution < -0.4 is 5.32 Å². The van der Waals surface area contributed by atoms with Crippen LogP contribution in [-0.4, -0.2) is 44.4 Å². The lowest BCUT2D eigenvalue weighted by Crippen LogP contribution is -2.05. The number of hydrogen-bond acceptors (Lipinski definition) is 9. The van der Waals surface area contributed by atoms with E-state index in [0.717, 1.165) is 26.4 Å². The average Bonchev–Trinajstić information content (AvgIpc) is 3.52. The van der Waals surface area contributed by atoms with Crippen molar-refractivity contribution in [3.8, 4) is 22.2 Å². The van der Waals surface area contributed by atoms with E-state index < -0.39 is 0 Å². The molecule has 2 N–H and O–H groups in total. The van der Waals surface area contributed by atoms with Crippen LogP contribution in [0.15, 0.2) is 36.9 Å². The summed E-state index contributed by atoms with van der Waals surface area (Å²) in [6.45, 7) is 6.07. The number of hydrogen-bond donors (Lipinski definition) is 2. The minimum Gasteiger partial charge on any atom is -0.390 e. The highest BCUT2D eigenvalue weighted by atomic mass is 32.1. The number of nitrogens with zero attached hydrogens (tertiary/aromatic N) is 8. The minimum absolute atomic E-state index is 0.172. The van der Waals surface area contributed by atoms with Crippen molar-refractivity contribution in [2.75, 3.05) is 5.32 Å². The minimum atomic E-state index is -0.172. The molecule has 0 atom stereocenters. The van der Waals surface area contributed by atoms with Crippen molar-refractivity contribution >= 4 is 33.3 Å². The number of rotatable bonds is 6. The number of thiophene rings is 1. The maximum Gasteiger partial charge on any atom is 0.228 e. The summed E-state index contributed by atoms with van der Waals surface area (Å²) in [7, 11) is 1.90. The summed E-state index contributed by atoms with van der Waals surface area (Å²) in [6.07, 6.45) is 7.16. The molecule has 168 valence electrons. The average molecular weight is 462 g/mol. The Morgan fingerprint density at radius 1 is 1.09 bits per heavy atom. The van der Waals surface area contributed by atoms with E-state index in [-0.39, 0.29) is 12.6 Å². The van der Waals surface area contributed by atoms with E-state index in [2.05, 4.69) is 34.1 Å². The van der Waals surface area contributed by atoms with Gasteiger partial charge in [0.05, 0.1) is 22.6 Å². The maximum absolute atomic E-state index is 9.45. The maximum atomic E-state index is 9.45. The zero-order valence-electron chi connectivity index (χ0n) is 18.7. The number of aromatic nitrogens is 8. The van der Waals surface area contributed by atoms with Crippen LogP contribution in [0.2, 0.25) is 0 Å². The standard InChI is InChI=1S/C22H23N9OS/c1-12(2)31-9-6-15(29-31)17-13(3)16-18(28-22-24-7-5-14(11-32)25-22)26-19(27-21(16)33-17)20-23-8-10-30(20)4/h5-10,12,32H,11H2,1-4H3,(H,24,25,26,27,28). The fourth-order valence-corrected chi connectivity index (χ4v) is 4.70. The zero-order valence-corrected chi connectivity index (χ0v) is 19.5. The molecule has 0 aliphatic heterocycles. The van der Waals surface area contributed by atoms with Gasteiger partial charge < -0.3 is 15.0 Å². The summed E-state index contributed by atoms with van der Waals surface area (Å²) in [4.78, 5) is 24.5. The van der Waals surface area contributed by atoms with Gasteiger partial charge in [0.15, 0.2) is 11.6 Å². The van der Waals surface area contributed by atoms with E-state index in [1.807, 2.05) is 41.7 Å². The molecule has 5 aromatic rings. The molecule has 0 spiro atoms. The third-order valence-electron chi connectivity index (χ3n) is 5.29. The molecule has 0 amide bonds. The molecule has 0 aliphatic carbocycles. The molecule has 33 heavy (non-hydrogen) atoms. The molecular formula is C22H23N9OS. The largest absolute Gasteiger partial charge is 0.390 e. The summed E-state index contributed by atoms with van der Waals surface area (Å²) in [6, 6.07) is 3.96. The topological polar surface area (TPSA) is 119 Å². The summed E-state index contributed by atoms with van der Waals surface area (Å²) in [5.41, 5.74) is 2.44. The SMILES string of the molecule is Cc1c(-c2ccn(C(C)C)n2)sc2nc(-c3nccn3C)nc(Nc3nccc(CO)n3)c12. The van der Waals surface area contributed by atoms with Crippen molar-refractivity contribution < 1.29 is 5.11 Å². The highest BCUT2D eigenvalue weighted by Crippen LogP contribution is 2.40. The van der Waals surface area contributed by atoms with E-state index in [4.69, 9.17) is 15.1 Å². The smallest absolute Gasteiger partial charge is 0.228 e. The quantitative estimate of drug-likeness (QED) is 0.391. The van der Waals surface area contributed by atoms with Crippen LogP contribution in [0.1, 0.15) is 31.1 Å². The Hall–Kier alpha value is -3.70. The molecule has 0 saturated heterocycles. The fourth-order valence-electron chi connectivity index (χ4n) is 3.55. The van der Waals surface area contributed by atoms with Gasteiger partial charge in [0, 0.05) is 37.9 Å². The normalized spacial score (nSPS) is 11.6. The predicted molar refractivity (Wildman–Crippen MR) is 127 cm³/mol. The number of aliphatic hydroxyl groups is 1. The lowest BCUT2D eigenvalue weighted by atomic mass is 10.1. The molecule has 5 heterocycles. The van der Waals surface area contributed by atoms with Crippen molar-refractivity contribution in [3.63, 3.8) is 0 Å². The van der Waals surface area contributed by atoms with E-state index in [1.54, 1.807) is 29.8 Å². The summed E-state index contributed by atoms with van der Waals surface area (Å²) >= 11 is 1.57. The molecule has 0 radical (unpaired) electrons. The van der Waals surface area contributed by atoms with Gasteiger partial charge in [-0.1, -0.05) is 0 Å². The molecule has 5 rings (SSSR count). The van der Waals surface area contributed by atoms with Gasteiger partial charge >= 0.3 is 0 Å². The molecule has 10 nitrogen and oxygen atoms in total. The number of anilines is 2. The van der Waals surface area contributed by atoms with Crippen molar-refractivity contribution in [1.29, 1.82) is 0 Å². The first-order chi connectivity index (χ1) is 15.9. The predicted octanol–water partition coefficient (Wildman–Crippen LogP) is 3.87. The van der Waals surface area contributed by atoms with Gasteiger partial charge in [-0.25, -0.2) is 24.9 Å². The van der Waals surface area contributed by atoms with E-state index >= 15 is 0 Å². The number of fused-ring (bicyclic) bond motifs is 1. The van der Waals surface area contributed by atoms with Gasteiger partial charge in [0.1, 0.15) is 16.3 Å². The van der Waals surface area contributed by atoms with Crippen LogP contribution in [0.5, 0.6) is 0 Å². The molecule has 0 bridgehead atoms. The summed E-state index contributed by atoms with van der Waals surface area (Å²) in [5.74, 6) is 2.08. The van der Waals surface area contributed by atoms with Crippen LogP contribution in [0.4, 0.5) is 11.8 Å². The van der Waals surface area contributed by atoms with Crippen molar-refractivity contribution in [2.45, 2.75) is 33.4 Å². The molecule has 0 aromatic carbocycles. The van der Waals surface area contributed by atoms with E-state index in [1.165, 1.54) is 0 Å².